The van der Waals surface area contributed by atoms with Crippen molar-refractivity contribution in [3.8, 4) is 0 Å². The first-order chi connectivity index (χ1) is 13.8. The van der Waals surface area contributed by atoms with E-state index in [0.29, 0.717) is 11.4 Å². The average Bonchev–Trinajstić information content (AvgIpc) is 3.36. The van der Waals surface area contributed by atoms with Gasteiger partial charge in [0.1, 0.15) is 15.9 Å². The molecule has 0 aliphatic heterocycles. The van der Waals surface area contributed by atoms with Gasteiger partial charge < -0.3 is 10.2 Å². The Bertz CT molecular complexity index is 1150. The third kappa shape index (κ3) is 3.75. The van der Waals surface area contributed by atoms with Crippen LogP contribution in [0.4, 0.5) is 0 Å². The largest absolute Gasteiger partial charge is 0.340 e. The maximum Gasteiger partial charge on any atom is 0.262 e. The van der Waals surface area contributed by atoms with Gasteiger partial charge in [0.15, 0.2) is 0 Å². The molecular weight excluding hydrogens is 406 g/mol. The highest BCUT2D eigenvalue weighted by molar-refractivity contribution is 7.20. The van der Waals surface area contributed by atoms with E-state index in [1.807, 2.05) is 44.3 Å². The highest BCUT2D eigenvalue weighted by Gasteiger charge is 2.23. The molecule has 2 amide bonds. The molecule has 0 saturated heterocycles. The minimum Gasteiger partial charge on any atom is -0.340 e. The molecular formula is C20H21N5O2S2. The molecule has 29 heavy (non-hydrogen) atoms. The van der Waals surface area contributed by atoms with Crippen LogP contribution in [0.1, 0.15) is 27.3 Å². The second kappa shape index (κ2) is 7.57. The summed E-state index contributed by atoms with van der Waals surface area (Å²) in [6.45, 7) is 4.03. The first-order valence-electron chi connectivity index (χ1n) is 9.17. The van der Waals surface area contributed by atoms with Crippen molar-refractivity contribution in [2.75, 3.05) is 7.05 Å². The lowest BCUT2D eigenvalue weighted by Gasteiger charge is -2.21. The van der Waals surface area contributed by atoms with Crippen molar-refractivity contribution < 1.29 is 9.59 Å². The van der Waals surface area contributed by atoms with Gasteiger partial charge in [-0.3, -0.25) is 14.3 Å². The number of benzene rings is 1. The van der Waals surface area contributed by atoms with Crippen LogP contribution in [0.2, 0.25) is 0 Å². The summed E-state index contributed by atoms with van der Waals surface area (Å²) in [5.41, 5.74) is 1.82. The number of fused-ring (bicyclic) bond motifs is 2. The molecule has 3 heterocycles. The highest BCUT2D eigenvalue weighted by Crippen LogP contribution is 2.27. The SMILES string of the molecule is Cc1nn(C)c2sc(C(=O)NC(C)C(=O)N(C)Cc3nc4ccccc4s3)cc12. The van der Waals surface area contributed by atoms with Crippen LogP contribution in [0.3, 0.4) is 0 Å². The van der Waals surface area contributed by atoms with Gasteiger partial charge in [0.25, 0.3) is 5.91 Å². The smallest absolute Gasteiger partial charge is 0.262 e. The molecule has 0 spiro atoms. The second-order valence-corrected chi connectivity index (χ2v) is 9.15. The summed E-state index contributed by atoms with van der Waals surface area (Å²) in [6, 6.07) is 9.10. The number of carbonyl (C=O) groups is 2. The number of hydrogen-bond acceptors (Lipinski definition) is 6. The number of carbonyl (C=O) groups excluding carboxylic acids is 2. The molecule has 1 atom stereocenters. The predicted octanol–water partition coefficient (Wildman–Crippen LogP) is 3.33. The second-order valence-electron chi connectivity index (χ2n) is 7.00. The Hall–Kier alpha value is -2.78. The van der Waals surface area contributed by atoms with Gasteiger partial charge in [-0.15, -0.1) is 22.7 Å². The van der Waals surface area contributed by atoms with Crippen LogP contribution in [-0.2, 0) is 18.4 Å². The molecule has 0 saturated carbocycles. The third-order valence-electron chi connectivity index (χ3n) is 4.72. The van der Waals surface area contributed by atoms with E-state index in [1.165, 1.54) is 11.3 Å². The fourth-order valence-electron chi connectivity index (χ4n) is 3.25. The van der Waals surface area contributed by atoms with E-state index in [1.54, 1.807) is 34.9 Å². The van der Waals surface area contributed by atoms with Crippen LogP contribution >= 0.6 is 22.7 Å². The zero-order valence-corrected chi connectivity index (χ0v) is 18.2. The third-order valence-corrected chi connectivity index (χ3v) is 6.95. The fraction of sp³-hybridized carbons (Fsp3) is 0.300. The van der Waals surface area contributed by atoms with Gasteiger partial charge in [-0.2, -0.15) is 5.10 Å². The first kappa shape index (κ1) is 19.5. The average molecular weight is 428 g/mol. The molecule has 1 N–H and O–H groups in total. The molecule has 7 nitrogen and oxygen atoms in total. The lowest BCUT2D eigenvalue weighted by Crippen LogP contribution is -2.45. The normalized spacial score (nSPS) is 12.4. The Morgan fingerprint density at radius 3 is 2.76 bits per heavy atom. The molecule has 0 fully saturated rings. The Kier molecular flexibility index (Phi) is 5.10. The Morgan fingerprint density at radius 1 is 1.28 bits per heavy atom. The van der Waals surface area contributed by atoms with E-state index in [0.717, 1.165) is 31.1 Å². The lowest BCUT2D eigenvalue weighted by atomic mass is 10.2. The topological polar surface area (TPSA) is 80.1 Å². The number of aromatic nitrogens is 3. The van der Waals surface area contributed by atoms with Crippen molar-refractivity contribution in [2.45, 2.75) is 26.4 Å². The Labute approximate surface area is 176 Å². The number of amides is 2. The summed E-state index contributed by atoms with van der Waals surface area (Å²) in [5, 5.41) is 9.00. The monoisotopic (exact) mass is 427 g/mol. The number of rotatable bonds is 5. The Morgan fingerprint density at radius 2 is 2.03 bits per heavy atom. The molecule has 3 aromatic heterocycles. The van der Waals surface area contributed by atoms with Crippen molar-refractivity contribution in [1.82, 2.24) is 25.0 Å². The van der Waals surface area contributed by atoms with Gasteiger partial charge in [0.05, 0.1) is 27.3 Å². The van der Waals surface area contributed by atoms with Crippen LogP contribution in [-0.4, -0.2) is 44.6 Å². The molecule has 4 rings (SSSR count). The van der Waals surface area contributed by atoms with Gasteiger partial charge in [-0.05, 0) is 32.0 Å². The lowest BCUT2D eigenvalue weighted by molar-refractivity contribution is -0.132. The number of thiazole rings is 1. The van der Waals surface area contributed by atoms with Crippen molar-refractivity contribution >= 4 is 54.9 Å². The quantitative estimate of drug-likeness (QED) is 0.530. The summed E-state index contributed by atoms with van der Waals surface area (Å²) in [7, 11) is 3.59. The predicted molar refractivity (Wildman–Crippen MR) is 116 cm³/mol. The molecule has 0 bridgehead atoms. The number of aryl methyl sites for hydroxylation is 2. The van der Waals surface area contributed by atoms with E-state index in [-0.39, 0.29) is 11.8 Å². The number of nitrogens with zero attached hydrogens (tertiary/aromatic N) is 4. The van der Waals surface area contributed by atoms with E-state index in [4.69, 9.17) is 0 Å². The van der Waals surface area contributed by atoms with Crippen LogP contribution in [0.5, 0.6) is 0 Å². The summed E-state index contributed by atoms with van der Waals surface area (Å²) in [6.07, 6.45) is 0. The molecule has 9 heteroatoms. The molecule has 0 aliphatic rings. The van der Waals surface area contributed by atoms with Crippen LogP contribution in [0.25, 0.3) is 20.4 Å². The van der Waals surface area contributed by atoms with Gasteiger partial charge in [-0.25, -0.2) is 4.98 Å². The molecule has 150 valence electrons. The van der Waals surface area contributed by atoms with Crippen molar-refractivity contribution in [1.29, 1.82) is 0 Å². The standard InChI is InChI=1S/C20H21N5O2S2/c1-11-13-9-16(29-20(13)25(4)23-11)18(26)21-12(2)19(27)24(3)10-17-22-14-7-5-6-8-15(14)28-17/h5-9,12H,10H2,1-4H3,(H,21,26). The van der Waals surface area contributed by atoms with Crippen molar-refractivity contribution in [3.63, 3.8) is 0 Å². The van der Waals surface area contributed by atoms with E-state index in [2.05, 4.69) is 15.4 Å². The maximum atomic E-state index is 12.7. The van der Waals surface area contributed by atoms with E-state index >= 15 is 0 Å². The molecule has 0 radical (unpaired) electrons. The van der Waals surface area contributed by atoms with Crippen LogP contribution in [0, 0.1) is 6.92 Å². The summed E-state index contributed by atoms with van der Waals surface area (Å²) in [4.78, 5) is 33.1. The molecule has 4 aromatic rings. The van der Waals surface area contributed by atoms with E-state index in [9.17, 15) is 9.59 Å². The van der Waals surface area contributed by atoms with Crippen LogP contribution in [0.15, 0.2) is 30.3 Å². The minimum absolute atomic E-state index is 0.156. The molecule has 1 unspecified atom stereocenters. The molecule has 1 aromatic carbocycles. The first-order valence-corrected chi connectivity index (χ1v) is 10.8. The maximum absolute atomic E-state index is 12.7. The minimum atomic E-state index is -0.633. The number of likely N-dealkylation sites (N-methyl/N-ethyl adjacent to an activating group) is 1. The Balaban J connectivity index is 1.42. The van der Waals surface area contributed by atoms with Gasteiger partial charge in [0, 0.05) is 19.5 Å². The van der Waals surface area contributed by atoms with Crippen molar-refractivity contribution in [2.24, 2.45) is 7.05 Å². The van der Waals surface area contributed by atoms with Gasteiger partial charge >= 0.3 is 0 Å². The molecule has 0 aliphatic carbocycles. The van der Waals surface area contributed by atoms with Gasteiger partial charge in [0.2, 0.25) is 5.91 Å². The highest BCUT2D eigenvalue weighted by atomic mass is 32.1. The van der Waals surface area contributed by atoms with Gasteiger partial charge in [-0.1, -0.05) is 12.1 Å². The summed E-state index contributed by atoms with van der Waals surface area (Å²) >= 11 is 2.95. The number of para-hydroxylation sites is 1. The number of nitrogens with one attached hydrogen (secondary N) is 1. The number of hydrogen-bond donors (Lipinski definition) is 1. The van der Waals surface area contributed by atoms with Crippen molar-refractivity contribution in [3.05, 3.63) is 45.9 Å². The van der Waals surface area contributed by atoms with E-state index < -0.39 is 6.04 Å². The summed E-state index contributed by atoms with van der Waals surface area (Å²) < 4.78 is 2.87. The summed E-state index contributed by atoms with van der Waals surface area (Å²) in [5.74, 6) is -0.406. The number of thiophene rings is 1. The zero-order valence-electron chi connectivity index (χ0n) is 16.6. The fourth-order valence-corrected chi connectivity index (χ4v) is 5.29. The van der Waals surface area contributed by atoms with Crippen LogP contribution < -0.4 is 5.32 Å². The zero-order chi connectivity index (χ0) is 20.7.